The first kappa shape index (κ1) is 10.0. The molecule has 1 rings (SSSR count). The molecule has 0 aliphatic heterocycles. The fourth-order valence-electron chi connectivity index (χ4n) is 0.717. The molecule has 0 saturated heterocycles. The average molecular weight is 205 g/mol. The van der Waals surface area contributed by atoms with Gasteiger partial charge in [-0.3, -0.25) is 0 Å². The fraction of sp³-hybridized carbons (Fsp3) is 0.333. The number of halogens is 1. The largest absolute Gasteiger partial charge is 0.374 e. The zero-order chi connectivity index (χ0) is 9.90. The molecule has 0 radical (unpaired) electrons. The minimum absolute atomic E-state index is 0.0959. The molecule has 0 N–H and O–H groups in total. The quantitative estimate of drug-likeness (QED) is 0.657. The Hall–Kier alpha value is -1.08. The van der Waals surface area contributed by atoms with E-state index in [1.54, 1.807) is 0 Å². The van der Waals surface area contributed by atoms with Gasteiger partial charge in [-0.25, -0.2) is 9.97 Å². The minimum Gasteiger partial charge on any atom is -0.245 e. The number of hydrogen-bond acceptors (Lipinski definition) is 4. The Kier molecular flexibility index (Phi) is 2.89. The van der Waals surface area contributed by atoms with Crippen molar-refractivity contribution in [3.05, 3.63) is 24.3 Å². The molecular weight excluding hydrogens is 197 g/mol. The molecule has 5 nitrogen and oxygen atoms in total. The van der Waals surface area contributed by atoms with Crippen LogP contribution in [0.15, 0.2) is 18.6 Å². The Bertz CT molecular complexity index is 367. The van der Waals surface area contributed by atoms with E-state index in [1.807, 2.05) is 0 Å². The SMILES string of the molecule is CN(Cc1ccncn1)S(=O)(=O)F. The highest BCUT2D eigenvalue weighted by atomic mass is 32.3. The second-order valence-electron chi connectivity index (χ2n) is 2.40. The van der Waals surface area contributed by atoms with Crippen molar-refractivity contribution >= 4 is 10.4 Å². The van der Waals surface area contributed by atoms with Gasteiger partial charge in [-0.1, -0.05) is 3.89 Å². The number of aromatic nitrogens is 2. The van der Waals surface area contributed by atoms with Gasteiger partial charge in [-0.2, -0.15) is 12.7 Å². The molecule has 0 aliphatic carbocycles. The maximum atomic E-state index is 12.3. The zero-order valence-corrected chi connectivity index (χ0v) is 7.70. The van der Waals surface area contributed by atoms with Crippen LogP contribution >= 0.6 is 0 Å². The van der Waals surface area contributed by atoms with Crippen LogP contribution in [0, 0.1) is 0 Å². The van der Waals surface area contributed by atoms with Gasteiger partial charge in [-0.15, -0.1) is 0 Å². The highest BCUT2D eigenvalue weighted by Crippen LogP contribution is 2.04. The topological polar surface area (TPSA) is 63.2 Å². The highest BCUT2D eigenvalue weighted by molar-refractivity contribution is 7.83. The predicted octanol–water partition coefficient (Wildman–Crippen LogP) is 0.123. The molecule has 0 amide bonds. The van der Waals surface area contributed by atoms with E-state index in [0.29, 0.717) is 10.00 Å². The van der Waals surface area contributed by atoms with Crippen molar-refractivity contribution in [3.63, 3.8) is 0 Å². The first-order valence-corrected chi connectivity index (χ1v) is 4.75. The monoisotopic (exact) mass is 205 g/mol. The van der Waals surface area contributed by atoms with E-state index in [-0.39, 0.29) is 6.54 Å². The molecule has 0 atom stereocenters. The van der Waals surface area contributed by atoms with Crippen LogP contribution in [0.5, 0.6) is 0 Å². The summed E-state index contributed by atoms with van der Waals surface area (Å²) in [5.41, 5.74) is 0.443. The van der Waals surface area contributed by atoms with Crippen LogP contribution in [0.2, 0.25) is 0 Å². The molecule has 0 fully saturated rings. The van der Waals surface area contributed by atoms with Crippen LogP contribution in [0.25, 0.3) is 0 Å². The zero-order valence-electron chi connectivity index (χ0n) is 6.88. The van der Waals surface area contributed by atoms with E-state index in [1.165, 1.54) is 18.6 Å². The average Bonchev–Trinajstić information content (AvgIpc) is 2.04. The van der Waals surface area contributed by atoms with Gasteiger partial charge in [0.2, 0.25) is 0 Å². The fourth-order valence-corrected chi connectivity index (χ4v) is 1.00. The number of nitrogens with zero attached hydrogens (tertiary/aromatic N) is 3. The van der Waals surface area contributed by atoms with Crippen molar-refractivity contribution in [1.29, 1.82) is 0 Å². The van der Waals surface area contributed by atoms with Gasteiger partial charge in [0.15, 0.2) is 0 Å². The summed E-state index contributed by atoms with van der Waals surface area (Å²) in [6.45, 7) is -0.0959. The lowest BCUT2D eigenvalue weighted by Crippen LogP contribution is -2.22. The maximum Gasteiger partial charge on any atom is 0.374 e. The van der Waals surface area contributed by atoms with E-state index < -0.39 is 10.4 Å². The number of rotatable bonds is 3. The second-order valence-corrected chi connectivity index (χ2v) is 3.85. The van der Waals surface area contributed by atoms with Gasteiger partial charge >= 0.3 is 10.4 Å². The van der Waals surface area contributed by atoms with E-state index in [2.05, 4.69) is 9.97 Å². The van der Waals surface area contributed by atoms with Gasteiger partial charge in [0.1, 0.15) is 6.33 Å². The molecule has 0 saturated carbocycles. The maximum absolute atomic E-state index is 12.3. The minimum atomic E-state index is -4.63. The van der Waals surface area contributed by atoms with Crippen molar-refractivity contribution in [2.75, 3.05) is 7.05 Å². The third-order valence-corrected chi connectivity index (χ3v) is 2.27. The van der Waals surface area contributed by atoms with Gasteiger partial charge in [0, 0.05) is 13.2 Å². The van der Waals surface area contributed by atoms with Crippen molar-refractivity contribution < 1.29 is 12.3 Å². The summed E-state index contributed by atoms with van der Waals surface area (Å²) in [7, 11) is -3.49. The van der Waals surface area contributed by atoms with Crippen LogP contribution < -0.4 is 0 Å². The Morgan fingerprint density at radius 2 is 2.31 bits per heavy atom. The Balaban J connectivity index is 2.72. The highest BCUT2D eigenvalue weighted by Gasteiger charge is 2.15. The van der Waals surface area contributed by atoms with Crippen molar-refractivity contribution in [1.82, 2.24) is 14.3 Å². The van der Waals surface area contributed by atoms with Gasteiger partial charge in [-0.05, 0) is 6.07 Å². The molecule has 0 aromatic carbocycles. The third kappa shape index (κ3) is 3.03. The smallest absolute Gasteiger partial charge is 0.245 e. The summed E-state index contributed by atoms with van der Waals surface area (Å²) >= 11 is 0. The first-order valence-electron chi connectivity index (χ1n) is 3.41. The summed E-state index contributed by atoms with van der Waals surface area (Å²) in [5, 5.41) is 0. The van der Waals surface area contributed by atoms with Gasteiger partial charge < -0.3 is 0 Å². The van der Waals surface area contributed by atoms with Crippen LogP contribution in [0.1, 0.15) is 5.69 Å². The summed E-state index contributed by atoms with van der Waals surface area (Å²) in [6.07, 6.45) is 2.73. The molecular formula is C6H8FN3O2S. The van der Waals surface area contributed by atoms with E-state index in [0.717, 1.165) is 7.05 Å². The normalized spacial score (nSPS) is 11.9. The molecule has 13 heavy (non-hydrogen) atoms. The lowest BCUT2D eigenvalue weighted by Gasteiger charge is -2.09. The molecule has 72 valence electrons. The third-order valence-electron chi connectivity index (χ3n) is 1.40. The molecule has 1 aromatic rings. The number of hydrogen-bond donors (Lipinski definition) is 0. The predicted molar refractivity (Wildman–Crippen MR) is 43.5 cm³/mol. The Labute approximate surface area is 75.6 Å². The molecule has 0 unspecified atom stereocenters. The lowest BCUT2D eigenvalue weighted by atomic mass is 10.4. The van der Waals surface area contributed by atoms with Crippen LogP contribution in [-0.4, -0.2) is 29.7 Å². The van der Waals surface area contributed by atoms with Crippen LogP contribution in [0.4, 0.5) is 3.89 Å². The van der Waals surface area contributed by atoms with E-state index in [9.17, 15) is 12.3 Å². The van der Waals surface area contributed by atoms with Crippen molar-refractivity contribution in [2.45, 2.75) is 6.54 Å². The molecule has 1 aromatic heterocycles. The summed E-state index contributed by atoms with van der Waals surface area (Å²) in [4.78, 5) is 7.39. The molecule has 0 spiro atoms. The molecule has 7 heteroatoms. The van der Waals surface area contributed by atoms with E-state index >= 15 is 0 Å². The summed E-state index contributed by atoms with van der Waals surface area (Å²) in [6, 6.07) is 1.52. The van der Waals surface area contributed by atoms with Gasteiger partial charge in [0.25, 0.3) is 0 Å². The lowest BCUT2D eigenvalue weighted by molar-refractivity contribution is 0.425. The summed E-state index contributed by atoms with van der Waals surface area (Å²) in [5.74, 6) is 0. The standard InChI is InChI=1S/C6H8FN3O2S/c1-10(13(7,11)12)4-6-2-3-8-5-9-6/h2-3,5H,4H2,1H3. The Morgan fingerprint density at radius 3 is 2.77 bits per heavy atom. The molecule has 1 heterocycles. The van der Waals surface area contributed by atoms with Crippen LogP contribution in [0.3, 0.4) is 0 Å². The second kappa shape index (κ2) is 3.75. The first-order chi connectivity index (χ1) is 6.00. The molecule has 0 aliphatic rings. The van der Waals surface area contributed by atoms with Crippen molar-refractivity contribution in [3.8, 4) is 0 Å². The Morgan fingerprint density at radius 1 is 1.62 bits per heavy atom. The van der Waals surface area contributed by atoms with E-state index in [4.69, 9.17) is 0 Å². The van der Waals surface area contributed by atoms with Crippen LogP contribution in [-0.2, 0) is 17.0 Å². The van der Waals surface area contributed by atoms with Gasteiger partial charge in [0.05, 0.1) is 12.2 Å². The summed E-state index contributed by atoms with van der Waals surface area (Å²) < 4.78 is 33.6. The molecule has 0 bridgehead atoms. The van der Waals surface area contributed by atoms with Crippen molar-refractivity contribution in [2.24, 2.45) is 0 Å².